The highest BCUT2D eigenvalue weighted by Gasteiger charge is 2.03. The van der Waals surface area contributed by atoms with Crippen LogP contribution in [0.3, 0.4) is 0 Å². The van der Waals surface area contributed by atoms with Gasteiger partial charge in [-0.25, -0.2) is 0 Å². The summed E-state index contributed by atoms with van der Waals surface area (Å²) in [5.41, 5.74) is 0.284. The number of carbonyl (C=O) groups excluding carboxylic acids is 1. The summed E-state index contributed by atoms with van der Waals surface area (Å²) in [5, 5.41) is 8.98. The molecule has 0 aromatic heterocycles. The van der Waals surface area contributed by atoms with Gasteiger partial charge in [-0.05, 0) is 20.8 Å². The fraction of sp³-hybridized carbons (Fsp3) is 0.500. The van der Waals surface area contributed by atoms with Crippen LogP contribution in [0.5, 0.6) is 0 Å². The van der Waals surface area contributed by atoms with Crippen molar-refractivity contribution in [2.45, 2.75) is 20.8 Å². The van der Waals surface area contributed by atoms with Gasteiger partial charge >= 0.3 is 0 Å². The number of aliphatic imine (C=N–C) groups is 1. The molecule has 0 spiro atoms. The van der Waals surface area contributed by atoms with Crippen LogP contribution in [0.25, 0.3) is 0 Å². The van der Waals surface area contributed by atoms with E-state index in [1.54, 1.807) is 0 Å². The fourth-order valence-corrected chi connectivity index (χ4v) is 0.622. The highest BCUT2D eigenvalue weighted by atomic mass is 16.3. The van der Waals surface area contributed by atoms with Crippen LogP contribution in [-0.2, 0) is 4.79 Å². The van der Waals surface area contributed by atoms with Crippen LogP contribution in [0, 0.1) is 0 Å². The molecule has 0 bridgehead atoms. The van der Waals surface area contributed by atoms with E-state index in [-0.39, 0.29) is 17.1 Å². The van der Waals surface area contributed by atoms with E-state index in [1.165, 1.54) is 20.1 Å². The first-order chi connectivity index (χ1) is 5.09. The first-order valence-electron chi connectivity index (χ1n) is 3.50. The Balaban J connectivity index is 4.51. The first kappa shape index (κ1) is 9.88. The molecule has 62 valence electrons. The van der Waals surface area contributed by atoms with Gasteiger partial charge in [-0.15, -0.1) is 0 Å². The summed E-state index contributed by atoms with van der Waals surface area (Å²) >= 11 is 0. The van der Waals surface area contributed by atoms with E-state index >= 15 is 0 Å². The van der Waals surface area contributed by atoms with Crippen LogP contribution in [0.2, 0.25) is 0 Å². The summed E-state index contributed by atoms with van der Waals surface area (Å²) < 4.78 is 0. The maximum Gasteiger partial charge on any atom is 0.164 e. The molecular formula is C8H13NO2. The zero-order valence-corrected chi connectivity index (χ0v) is 7.09. The second-order valence-corrected chi connectivity index (χ2v) is 2.18. The predicted octanol–water partition coefficient (Wildman–Crippen LogP) is 1.50. The standard InChI is InChI=1S/C8H13NO2/c1-4-9-5-8(6(2)10)7(3)11/h5,10H,4H2,1-3H3/b8-6+,9-5?. The number of carbonyl (C=O) groups is 1. The van der Waals surface area contributed by atoms with Gasteiger partial charge in [-0.3, -0.25) is 9.79 Å². The van der Waals surface area contributed by atoms with Crippen molar-refractivity contribution in [3.05, 3.63) is 11.3 Å². The van der Waals surface area contributed by atoms with E-state index in [4.69, 9.17) is 5.11 Å². The van der Waals surface area contributed by atoms with Crippen LogP contribution in [0.1, 0.15) is 20.8 Å². The molecule has 0 aromatic rings. The largest absolute Gasteiger partial charge is 0.512 e. The van der Waals surface area contributed by atoms with Gasteiger partial charge in [0.1, 0.15) is 5.76 Å². The molecule has 1 N–H and O–H groups in total. The third-order valence-electron chi connectivity index (χ3n) is 1.17. The number of ketones is 1. The highest BCUT2D eigenvalue weighted by molar-refractivity contribution is 6.12. The molecule has 11 heavy (non-hydrogen) atoms. The van der Waals surface area contributed by atoms with Gasteiger partial charge in [0.05, 0.1) is 5.57 Å². The Hall–Kier alpha value is -1.12. The van der Waals surface area contributed by atoms with E-state index in [1.807, 2.05) is 6.92 Å². The third kappa shape index (κ3) is 3.55. The van der Waals surface area contributed by atoms with E-state index in [0.717, 1.165) is 0 Å². The van der Waals surface area contributed by atoms with Gasteiger partial charge in [0.15, 0.2) is 5.78 Å². The lowest BCUT2D eigenvalue weighted by Gasteiger charge is -1.95. The van der Waals surface area contributed by atoms with E-state index in [9.17, 15) is 4.79 Å². The number of allylic oxidation sites excluding steroid dienone is 2. The Morgan fingerprint density at radius 1 is 1.55 bits per heavy atom. The van der Waals surface area contributed by atoms with Gasteiger partial charge in [0, 0.05) is 12.8 Å². The van der Waals surface area contributed by atoms with Gasteiger partial charge in [0.25, 0.3) is 0 Å². The average Bonchev–Trinajstić information content (AvgIpc) is 1.87. The normalized spacial score (nSPS) is 13.4. The topological polar surface area (TPSA) is 49.7 Å². The van der Waals surface area contributed by atoms with Gasteiger partial charge in [-0.2, -0.15) is 0 Å². The van der Waals surface area contributed by atoms with Crippen LogP contribution < -0.4 is 0 Å². The number of rotatable bonds is 3. The molecule has 0 fully saturated rings. The highest BCUT2D eigenvalue weighted by Crippen LogP contribution is 1.98. The van der Waals surface area contributed by atoms with Crippen molar-refractivity contribution in [2.24, 2.45) is 4.99 Å². The number of nitrogens with zero attached hydrogens (tertiary/aromatic N) is 1. The molecule has 0 amide bonds. The SMILES string of the molecule is CCN=C/C(C(C)=O)=C(/C)O. The Morgan fingerprint density at radius 3 is 2.36 bits per heavy atom. The van der Waals surface area contributed by atoms with Crippen molar-refractivity contribution in [3.8, 4) is 0 Å². The number of hydrogen-bond acceptors (Lipinski definition) is 3. The second-order valence-electron chi connectivity index (χ2n) is 2.18. The van der Waals surface area contributed by atoms with Crippen LogP contribution in [-0.4, -0.2) is 23.6 Å². The van der Waals surface area contributed by atoms with Gasteiger partial charge < -0.3 is 5.11 Å². The summed E-state index contributed by atoms with van der Waals surface area (Å²) in [4.78, 5) is 14.6. The average molecular weight is 155 g/mol. The summed E-state index contributed by atoms with van der Waals surface area (Å²) in [6.07, 6.45) is 1.40. The summed E-state index contributed by atoms with van der Waals surface area (Å²) in [5.74, 6) is -0.142. The maximum absolute atomic E-state index is 10.8. The zero-order chi connectivity index (χ0) is 8.85. The molecule has 3 nitrogen and oxygen atoms in total. The lowest BCUT2D eigenvalue weighted by Crippen LogP contribution is -2.01. The van der Waals surface area contributed by atoms with E-state index in [0.29, 0.717) is 6.54 Å². The van der Waals surface area contributed by atoms with Crippen molar-refractivity contribution in [1.29, 1.82) is 0 Å². The molecular weight excluding hydrogens is 142 g/mol. The molecule has 0 aliphatic rings. The number of aliphatic hydroxyl groups is 1. The minimum atomic E-state index is -0.165. The van der Waals surface area contributed by atoms with Crippen LogP contribution in [0.15, 0.2) is 16.3 Å². The third-order valence-corrected chi connectivity index (χ3v) is 1.17. The van der Waals surface area contributed by atoms with Crippen molar-refractivity contribution < 1.29 is 9.90 Å². The maximum atomic E-state index is 10.8. The quantitative estimate of drug-likeness (QED) is 0.381. The van der Waals surface area contributed by atoms with Crippen molar-refractivity contribution >= 4 is 12.0 Å². The lowest BCUT2D eigenvalue weighted by molar-refractivity contribution is -0.113. The number of Topliss-reactive ketones (excluding diaryl/α,β-unsaturated/α-hetero) is 1. The second kappa shape index (κ2) is 4.66. The Bertz CT molecular complexity index is 200. The first-order valence-corrected chi connectivity index (χ1v) is 3.50. The molecule has 0 atom stereocenters. The minimum Gasteiger partial charge on any atom is -0.512 e. The molecule has 0 heterocycles. The summed E-state index contributed by atoms with van der Waals surface area (Å²) in [6.45, 7) is 5.35. The van der Waals surface area contributed by atoms with E-state index in [2.05, 4.69) is 4.99 Å². The smallest absolute Gasteiger partial charge is 0.164 e. The minimum absolute atomic E-state index is 0.0229. The monoisotopic (exact) mass is 155 g/mol. The Morgan fingerprint density at radius 2 is 2.09 bits per heavy atom. The van der Waals surface area contributed by atoms with Gasteiger partial charge in [-0.1, -0.05) is 0 Å². The predicted molar refractivity (Wildman–Crippen MR) is 45.0 cm³/mol. The van der Waals surface area contributed by atoms with Crippen molar-refractivity contribution in [1.82, 2.24) is 0 Å². The van der Waals surface area contributed by atoms with Crippen molar-refractivity contribution in [2.75, 3.05) is 6.54 Å². The van der Waals surface area contributed by atoms with Gasteiger partial charge in [0.2, 0.25) is 0 Å². The summed E-state index contributed by atoms with van der Waals surface area (Å²) in [7, 11) is 0. The summed E-state index contributed by atoms with van der Waals surface area (Å²) in [6, 6.07) is 0. The molecule has 0 radical (unpaired) electrons. The molecule has 0 aliphatic heterocycles. The molecule has 0 saturated heterocycles. The number of aliphatic hydroxyl groups excluding tert-OH is 1. The molecule has 0 rings (SSSR count). The van der Waals surface area contributed by atoms with Crippen LogP contribution >= 0.6 is 0 Å². The lowest BCUT2D eigenvalue weighted by atomic mass is 10.2. The molecule has 0 saturated carbocycles. The molecule has 0 aromatic carbocycles. The zero-order valence-electron chi connectivity index (χ0n) is 7.09. The van der Waals surface area contributed by atoms with E-state index < -0.39 is 0 Å². The molecule has 0 aliphatic carbocycles. The fourth-order valence-electron chi connectivity index (χ4n) is 0.622. The van der Waals surface area contributed by atoms with Crippen LogP contribution in [0.4, 0.5) is 0 Å². The molecule has 0 unspecified atom stereocenters. The number of hydrogen-bond donors (Lipinski definition) is 1. The van der Waals surface area contributed by atoms with Crippen molar-refractivity contribution in [3.63, 3.8) is 0 Å². The Labute approximate surface area is 66.5 Å². The molecule has 3 heteroatoms. The Kier molecular flexibility index (Phi) is 4.18.